The summed E-state index contributed by atoms with van der Waals surface area (Å²) in [7, 11) is -3.80. The minimum absolute atomic E-state index is 0.0462. The molecule has 0 saturated carbocycles. The summed E-state index contributed by atoms with van der Waals surface area (Å²) in [5.74, 6) is 0.314. The van der Waals surface area contributed by atoms with Crippen LogP contribution in [0.2, 0.25) is 0 Å². The molecule has 0 aliphatic carbocycles. The number of thiophene rings is 1. The van der Waals surface area contributed by atoms with Crippen LogP contribution in [0.25, 0.3) is 0 Å². The standard InChI is InChI=1S/C18H27N5O4S2/c1-5-12(14-8-11(4)9-27-14)21-16(19)17(20)22-13-10-28-18(15(13)24)29(25,26)23(6-2)7-3/h8-10,12,24H,5-7H2,1-4H3,(H2,19,21)(H2,20,22)/p+1/t12-/m1/s1. The van der Waals surface area contributed by atoms with E-state index in [1.165, 1.54) is 9.69 Å². The highest BCUT2D eigenvalue weighted by atomic mass is 32.2. The van der Waals surface area contributed by atoms with Crippen LogP contribution in [-0.4, -0.2) is 42.6 Å². The van der Waals surface area contributed by atoms with Crippen LogP contribution < -0.4 is 16.5 Å². The average molecular weight is 443 g/mol. The van der Waals surface area contributed by atoms with E-state index in [4.69, 9.17) is 15.9 Å². The van der Waals surface area contributed by atoms with Crippen LogP contribution in [0.1, 0.15) is 44.6 Å². The minimum Gasteiger partial charge on any atom is -0.504 e. The summed E-state index contributed by atoms with van der Waals surface area (Å²) < 4.78 is 31.9. The predicted molar refractivity (Wildman–Crippen MR) is 114 cm³/mol. The van der Waals surface area contributed by atoms with Gasteiger partial charge in [-0.05, 0) is 25.0 Å². The van der Waals surface area contributed by atoms with E-state index in [9.17, 15) is 13.5 Å². The molecule has 2 aromatic rings. The van der Waals surface area contributed by atoms with Gasteiger partial charge in [0.2, 0.25) is 5.84 Å². The highest BCUT2D eigenvalue weighted by Crippen LogP contribution is 2.40. The van der Waals surface area contributed by atoms with E-state index < -0.39 is 15.8 Å². The second-order valence-electron chi connectivity index (χ2n) is 6.39. The van der Waals surface area contributed by atoms with Crippen molar-refractivity contribution in [2.75, 3.05) is 13.1 Å². The molecule has 160 valence electrons. The molecule has 2 aromatic heterocycles. The SMILES string of the molecule is CC[C@@H]([NH+]=C(N)C(N)=Nc1csc(S(=O)(=O)N(CC)CC)c1O)c1cc(C)co1. The van der Waals surface area contributed by atoms with Crippen molar-refractivity contribution in [1.82, 2.24) is 4.31 Å². The zero-order valence-electron chi connectivity index (χ0n) is 17.0. The molecular weight excluding hydrogens is 414 g/mol. The number of furan rings is 1. The Morgan fingerprint density at radius 2 is 2.00 bits per heavy atom. The number of rotatable bonds is 8. The van der Waals surface area contributed by atoms with E-state index in [0.717, 1.165) is 16.9 Å². The Morgan fingerprint density at radius 1 is 1.34 bits per heavy atom. The summed E-state index contributed by atoms with van der Waals surface area (Å²) >= 11 is 0.886. The predicted octanol–water partition coefficient (Wildman–Crippen LogP) is 0.963. The normalized spacial score (nSPS) is 14.5. The third kappa shape index (κ3) is 4.98. The number of aromatic hydroxyl groups is 1. The molecule has 1 atom stereocenters. The van der Waals surface area contributed by atoms with Gasteiger partial charge in [0.05, 0.1) is 6.26 Å². The van der Waals surface area contributed by atoms with Crippen molar-refractivity contribution >= 4 is 38.7 Å². The first-order valence-corrected chi connectivity index (χ1v) is 11.6. The number of aliphatic imine (C=N–C) groups is 1. The summed E-state index contributed by atoms with van der Waals surface area (Å²) in [5, 5.41) is 11.8. The number of amidine groups is 2. The zero-order valence-corrected chi connectivity index (χ0v) is 18.6. The first-order valence-electron chi connectivity index (χ1n) is 9.24. The van der Waals surface area contributed by atoms with Gasteiger partial charge in [-0.25, -0.2) is 13.4 Å². The molecule has 0 saturated heterocycles. The Labute approximate surface area is 174 Å². The fourth-order valence-corrected chi connectivity index (χ4v) is 5.54. The molecule has 2 rings (SSSR count). The van der Waals surface area contributed by atoms with Crippen molar-refractivity contribution in [3.63, 3.8) is 0 Å². The largest absolute Gasteiger partial charge is 0.504 e. The topological polar surface area (TPSA) is 149 Å². The summed E-state index contributed by atoms with van der Waals surface area (Å²) in [6, 6.07) is 1.70. The van der Waals surface area contributed by atoms with Crippen molar-refractivity contribution in [2.45, 2.75) is 44.4 Å². The number of aryl methyl sites for hydroxylation is 1. The number of hydrogen-bond donors (Lipinski definition) is 4. The molecule has 0 radical (unpaired) electrons. The van der Waals surface area contributed by atoms with Gasteiger partial charge in [0, 0.05) is 18.5 Å². The van der Waals surface area contributed by atoms with Gasteiger partial charge in [0.1, 0.15) is 11.4 Å². The molecule has 6 N–H and O–H groups in total. The van der Waals surface area contributed by atoms with Gasteiger partial charge in [-0.1, -0.05) is 20.8 Å². The van der Waals surface area contributed by atoms with Gasteiger partial charge in [-0.3, -0.25) is 10.7 Å². The van der Waals surface area contributed by atoms with Gasteiger partial charge >= 0.3 is 5.84 Å². The monoisotopic (exact) mass is 442 g/mol. The van der Waals surface area contributed by atoms with Gasteiger partial charge in [-0.15, -0.1) is 11.3 Å². The summed E-state index contributed by atoms with van der Waals surface area (Å²) in [5.41, 5.74) is 13.0. The minimum atomic E-state index is -3.80. The molecule has 9 nitrogen and oxygen atoms in total. The summed E-state index contributed by atoms with van der Waals surface area (Å²) in [6.45, 7) is 7.94. The second kappa shape index (κ2) is 9.42. The summed E-state index contributed by atoms with van der Waals surface area (Å²) in [4.78, 5) is 7.16. The lowest BCUT2D eigenvalue weighted by molar-refractivity contribution is -0.512. The number of nitrogens with one attached hydrogen (secondary N) is 1. The fraction of sp³-hybridized carbons (Fsp3) is 0.444. The first kappa shape index (κ1) is 22.9. The van der Waals surface area contributed by atoms with E-state index in [0.29, 0.717) is 25.3 Å². The number of sulfonamides is 1. The maximum atomic E-state index is 12.6. The first-order chi connectivity index (χ1) is 13.6. The molecule has 29 heavy (non-hydrogen) atoms. The van der Waals surface area contributed by atoms with Gasteiger partial charge < -0.3 is 15.3 Å². The van der Waals surface area contributed by atoms with Gasteiger partial charge in [-0.2, -0.15) is 4.31 Å². The maximum Gasteiger partial charge on any atom is 0.309 e. The van der Waals surface area contributed by atoms with Crippen LogP contribution in [0.3, 0.4) is 0 Å². The number of nitrogens with two attached hydrogens (primary N) is 2. The highest BCUT2D eigenvalue weighted by molar-refractivity contribution is 7.91. The molecule has 0 spiro atoms. The van der Waals surface area contributed by atoms with E-state index in [1.54, 1.807) is 20.1 Å². The Morgan fingerprint density at radius 3 is 2.52 bits per heavy atom. The van der Waals surface area contributed by atoms with E-state index in [2.05, 4.69) is 9.98 Å². The molecule has 0 aromatic carbocycles. The Balaban J connectivity index is 2.33. The van der Waals surface area contributed by atoms with E-state index in [-0.39, 0.29) is 27.6 Å². The van der Waals surface area contributed by atoms with Crippen molar-refractivity contribution in [3.8, 4) is 5.75 Å². The quantitative estimate of drug-likeness (QED) is 0.353. The zero-order chi connectivity index (χ0) is 21.8. The molecule has 0 fully saturated rings. The molecule has 2 heterocycles. The highest BCUT2D eigenvalue weighted by Gasteiger charge is 2.29. The number of nitrogens with zero attached hydrogens (tertiary/aromatic N) is 2. The van der Waals surface area contributed by atoms with Crippen LogP contribution in [0.5, 0.6) is 5.75 Å². The second-order valence-corrected chi connectivity index (χ2v) is 9.40. The Kier molecular flexibility index (Phi) is 7.44. The fourth-order valence-electron chi connectivity index (χ4n) is 2.73. The van der Waals surface area contributed by atoms with Crippen LogP contribution in [0.15, 0.2) is 31.3 Å². The van der Waals surface area contributed by atoms with E-state index in [1.807, 2.05) is 19.9 Å². The van der Waals surface area contributed by atoms with Crippen molar-refractivity contribution in [3.05, 3.63) is 29.0 Å². The molecule has 0 amide bonds. The average Bonchev–Trinajstić information content (AvgIpc) is 3.26. The van der Waals surface area contributed by atoms with Crippen molar-refractivity contribution in [1.29, 1.82) is 0 Å². The molecule has 0 unspecified atom stereocenters. The van der Waals surface area contributed by atoms with Gasteiger partial charge in [0.25, 0.3) is 10.0 Å². The molecule has 0 bridgehead atoms. The molecule has 0 aliphatic rings. The maximum absolute atomic E-state index is 12.6. The van der Waals surface area contributed by atoms with Crippen LogP contribution in [0.4, 0.5) is 5.69 Å². The lowest BCUT2D eigenvalue weighted by Gasteiger charge is -2.17. The van der Waals surface area contributed by atoms with Crippen molar-refractivity contribution < 1.29 is 22.9 Å². The summed E-state index contributed by atoms with van der Waals surface area (Å²) in [6.07, 6.45) is 2.34. The van der Waals surface area contributed by atoms with Gasteiger partial charge in [0.15, 0.2) is 16.0 Å². The molecule has 0 aliphatic heterocycles. The lowest BCUT2D eigenvalue weighted by atomic mass is 10.1. The Bertz CT molecular complexity index is 1000. The van der Waals surface area contributed by atoms with E-state index >= 15 is 0 Å². The third-order valence-electron chi connectivity index (χ3n) is 4.34. The lowest BCUT2D eigenvalue weighted by Crippen LogP contribution is -2.79. The third-order valence-corrected chi connectivity index (χ3v) is 7.87. The van der Waals surface area contributed by atoms with Crippen molar-refractivity contribution in [2.24, 2.45) is 16.5 Å². The van der Waals surface area contributed by atoms with Crippen LogP contribution in [0, 0.1) is 6.92 Å². The smallest absolute Gasteiger partial charge is 0.309 e. The van der Waals surface area contributed by atoms with Crippen LogP contribution >= 0.6 is 11.3 Å². The molecular formula is C18H28N5O4S2+. The number of hydrogen-bond acceptors (Lipinski definition) is 6. The van der Waals surface area contributed by atoms with Crippen LogP contribution in [-0.2, 0) is 10.0 Å². The Hall–Kier alpha value is -2.37. The molecule has 11 heteroatoms.